The summed E-state index contributed by atoms with van der Waals surface area (Å²) in [5, 5.41) is 3.39. The first kappa shape index (κ1) is 23.7. The number of aliphatic imine (C=N–C) groups is 1. The first-order chi connectivity index (χ1) is 17.0. The smallest absolute Gasteiger partial charge is 0.222 e. The Bertz CT molecular complexity index is 1070. The number of hydrogen-bond donors (Lipinski definition) is 2. The fraction of sp³-hybridized carbons (Fsp3) is 0.556. The highest BCUT2D eigenvalue weighted by Crippen LogP contribution is 2.37. The Morgan fingerprint density at radius 3 is 2.46 bits per heavy atom. The molecule has 2 aliphatic heterocycles. The molecule has 1 unspecified atom stereocenters. The molecule has 1 atom stereocenters. The van der Waals surface area contributed by atoms with Crippen molar-refractivity contribution in [1.29, 1.82) is 0 Å². The lowest BCUT2D eigenvalue weighted by Crippen LogP contribution is -2.49. The Hall–Kier alpha value is -3.00. The van der Waals surface area contributed by atoms with Gasteiger partial charge in [-0.2, -0.15) is 0 Å². The van der Waals surface area contributed by atoms with Gasteiger partial charge < -0.3 is 16.0 Å². The van der Waals surface area contributed by atoms with Crippen molar-refractivity contribution in [3.05, 3.63) is 41.7 Å². The number of piperazine rings is 1. The molecule has 0 bridgehead atoms. The minimum Gasteiger partial charge on any atom is -0.382 e. The van der Waals surface area contributed by atoms with E-state index in [1.807, 2.05) is 11.8 Å². The number of benzene rings is 1. The largest absolute Gasteiger partial charge is 0.382 e. The number of carbonyl (C=O) groups is 1. The van der Waals surface area contributed by atoms with Gasteiger partial charge in [0, 0.05) is 39.1 Å². The third kappa shape index (κ3) is 5.17. The van der Waals surface area contributed by atoms with E-state index in [0.717, 1.165) is 43.4 Å². The maximum atomic E-state index is 11.9. The second-order valence-electron chi connectivity index (χ2n) is 10.2. The molecule has 5 rings (SSSR count). The Kier molecular flexibility index (Phi) is 7.00. The molecule has 1 aromatic carbocycles. The summed E-state index contributed by atoms with van der Waals surface area (Å²) < 4.78 is 0. The van der Waals surface area contributed by atoms with Gasteiger partial charge in [-0.3, -0.25) is 9.69 Å². The highest BCUT2D eigenvalue weighted by molar-refractivity contribution is 6.09. The summed E-state index contributed by atoms with van der Waals surface area (Å²) in [5.74, 6) is 2.79. The molecular weight excluding hydrogens is 438 g/mol. The molecule has 0 radical (unpaired) electrons. The van der Waals surface area contributed by atoms with E-state index in [0.29, 0.717) is 35.6 Å². The summed E-state index contributed by atoms with van der Waals surface area (Å²) in [6.07, 6.45) is 7.14. The van der Waals surface area contributed by atoms with E-state index in [9.17, 15) is 4.79 Å². The van der Waals surface area contributed by atoms with Gasteiger partial charge in [0.15, 0.2) is 11.6 Å². The van der Waals surface area contributed by atoms with Crippen LogP contribution in [0.2, 0.25) is 0 Å². The van der Waals surface area contributed by atoms with E-state index in [1.54, 1.807) is 0 Å². The van der Waals surface area contributed by atoms with Gasteiger partial charge >= 0.3 is 0 Å². The number of nitrogens with zero attached hydrogens (tertiary/aromatic N) is 5. The summed E-state index contributed by atoms with van der Waals surface area (Å²) in [6, 6.07) is 9.00. The van der Waals surface area contributed by atoms with Gasteiger partial charge in [0.25, 0.3) is 0 Å². The van der Waals surface area contributed by atoms with Crippen molar-refractivity contribution in [3.63, 3.8) is 0 Å². The van der Waals surface area contributed by atoms with Gasteiger partial charge in [-0.05, 0) is 55.6 Å². The number of carbonyl (C=O) groups excluding carboxylic acids is 1. The molecule has 3 aliphatic rings. The number of rotatable bonds is 5. The predicted octanol–water partition coefficient (Wildman–Crippen LogP) is 3.82. The van der Waals surface area contributed by atoms with Crippen molar-refractivity contribution in [2.24, 2.45) is 10.9 Å². The summed E-state index contributed by atoms with van der Waals surface area (Å²) in [6.45, 7) is 9.04. The van der Waals surface area contributed by atoms with Crippen LogP contribution >= 0.6 is 0 Å². The molecule has 1 amide bonds. The van der Waals surface area contributed by atoms with Crippen LogP contribution in [0.25, 0.3) is 0 Å². The molecule has 2 aromatic rings. The van der Waals surface area contributed by atoms with Gasteiger partial charge in [-0.15, -0.1) is 0 Å². The van der Waals surface area contributed by atoms with Crippen LogP contribution in [0.4, 0.5) is 17.3 Å². The maximum Gasteiger partial charge on any atom is 0.222 e. The third-order valence-electron chi connectivity index (χ3n) is 7.91. The normalized spacial score (nSPS) is 24.9. The molecule has 0 spiro atoms. The minimum atomic E-state index is 0.0556. The molecule has 3 heterocycles. The zero-order valence-electron chi connectivity index (χ0n) is 20.9. The molecule has 1 saturated carbocycles. The SMILES string of the molecule is CCC(=O)N1CCN(CC2CCC(c3ccc(C4=Nc5c(N)ncnc5NC4C)cc3)CC2)CC1. The average Bonchev–Trinajstić information content (AvgIpc) is 2.89. The number of hydrogen-bond acceptors (Lipinski definition) is 7. The number of fused-ring (bicyclic) bond motifs is 1. The molecule has 1 aromatic heterocycles. The Labute approximate surface area is 208 Å². The number of nitrogen functional groups attached to an aromatic ring is 1. The molecule has 3 N–H and O–H groups in total. The highest BCUT2D eigenvalue weighted by Gasteiger charge is 2.27. The van der Waals surface area contributed by atoms with Gasteiger partial charge in [0.05, 0.1) is 11.8 Å². The maximum absolute atomic E-state index is 11.9. The van der Waals surface area contributed by atoms with Crippen molar-refractivity contribution in [2.45, 2.75) is 57.9 Å². The minimum absolute atomic E-state index is 0.0556. The third-order valence-corrected chi connectivity index (χ3v) is 7.91. The first-order valence-corrected chi connectivity index (χ1v) is 13.1. The molecular formula is C27H37N7O. The van der Waals surface area contributed by atoms with Crippen molar-refractivity contribution < 1.29 is 4.79 Å². The van der Waals surface area contributed by atoms with E-state index in [4.69, 9.17) is 10.7 Å². The van der Waals surface area contributed by atoms with Crippen LogP contribution in [0.15, 0.2) is 35.6 Å². The Morgan fingerprint density at radius 2 is 1.77 bits per heavy atom. The van der Waals surface area contributed by atoms with Crippen LogP contribution in [0, 0.1) is 5.92 Å². The van der Waals surface area contributed by atoms with E-state index >= 15 is 0 Å². The molecule has 1 aliphatic carbocycles. The van der Waals surface area contributed by atoms with Crippen molar-refractivity contribution in [2.75, 3.05) is 43.8 Å². The molecule has 1 saturated heterocycles. The van der Waals surface area contributed by atoms with E-state index in [2.05, 4.69) is 51.4 Å². The fourth-order valence-electron chi connectivity index (χ4n) is 5.79. The van der Waals surface area contributed by atoms with Crippen LogP contribution in [-0.2, 0) is 4.79 Å². The van der Waals surface area contributed by atoms with Crippen LogP contribution in [0.3, 0.4) is 0 Å². The van der Waals surface area contributed by atoms with Crippen LogP contribution in [0.5, 0.6) is 0 Å². The van der Waals surface area contributed by atoms with E-state index in [1.165, 1.54) is 44.1 Å². The van der Waals surface area contributed by atoms with Gasteiger partial charge in [-0.1, -0.05) is 31.2 Å². The zero-order chi connectivity index (χ0) is 24.4. The van der Waals surface area contributed by atoms with E-state index < -0.39 is 0 Å². The Morgan fingerprint density at radius 1 is 1.06 bits per heavy atom. The number of anilines is 2. The first-order valence-electron chi connectivity index (χ1n) is 13.1. The predicted molar refractivity (Wildman–Crippen MR) is 140 cm³/mol. The number of nitrogens with two attached hydrogens (primary N) is 1. The lowest BCUT2D eigenvalue weighted by molar-refractivity contribution is -0.132. The van der Waals surface area contributed by atoms with Crippen LogP contribution in [0.1, 0.15) is 63.0 Å². The van der Waals surface area contributed by atoms with Crippen molar-refractivity contribution in [3.8, 4) is 0 Å². The number of amides is 1. The van der Waals surface area contributed by atoms with Gasteiger partial charge in [0.1, 0.15) is 12.0 Å². The molecule has 8 nitrogen and oxygen atoms in total. The zero-order valence-corrected chi connectivity index (χ0v) is 20.9. The summed E-state index contributed by atoms with van der Waals surface area (Å²) in [4.78, 5) is 29.6. The average molecular weight is 476 g/mol. The Balaban J connectivity index is 1.15. The lowest BCUT2D eigenvalue weighted by Gasteiger charge is -2.38. The van der Waals surface area contributed by atoms with Crippen LogP contribution < -0.4 is 11.1 Å². The molecule has 35 heavy (non-hydrogen) atoms. The quantitative estimate of drug-likeness (QED) is 0.682. The van der Waals surface area contributed by atoms with Crippen molar-refractivity contribution in [1.82, 2.24) is 19.8 Å². The van der Waals surface area contributed by atoms with Crippen LogP contribution in [-0.4, -0.2) is 70.2 Å². The number of aromatic nitrogens is 2. The van der Waals surface area contributed by atoms with Gasteiger partial charge in [0.2, 0.25) is 5.91 Å². The lowest BCUT2D eigenvalue weighted by atomic mass is 9.78. The summed E-state index contributed by atoms with van der Waals surface area (Å²) in [5.41, 5.74) is 10.2. The topological polar surface area (TPSA) is 99.7 Å². The summed E-state index contributed by atoms with van der Waals surface area (Å²) in [7, 11) is 0. The fourth-order valence-corrected chi connectivity index (χ4v) is 5.79. The summed E-state index contributed by atoms with van der Waals surface area (Å²) >= 11 is 0. The molecule has 2 fully saturated rings. The standard InChI is InChI=1S/C27H37N7O/c1-3-23(35)34-14-12-33(13-15-34)16-19-4-6-20(7-5-19)21-8-10-22(11-9-21)24-18(2)31-27-25(32-24)26(28)29-17-30-27/h8-11,17-20H,3-7,12-16H2,1-2H3,(H3,28,29,30,31). The van der Waals surface area contributed by atoms with E-state index in [-0.39, 0.29) is 6.04 Å². The van der Waals surface area contributed by atoms with Gasteiger partial charge in [-0.25, -0.2) is 15.0 Å². The highest BCUT2D eigenvalue weighted by atomic mass is 16.2. The molecule has 186 valence electrons. The second kappa shape index (κ2) is 10.3. The number of nitrogens with one attached hydrogen (secondary N) is 1. The molecule has 8 heteroatoms. The second-order valence-corrected chi connectivity index (χ2v) is 10.2. The van der Waals surface area contributed by atoms with Crippen molar-refractivity contribution >= 4 is 28.9 Å². The monoisotopic (exact) mass is 475 g/mol.